The third kappa shape index (κ3) is 1.43. The Morgan fingerprint density at radius 3 is 3.00 bits per heavy atom. The normalized spacial score (nSPS) is 15.8. The van der Waals surface area contributed by atoms with Crippen molar-refractivity contribution in [1.82, 2.24) is 0 Å². The zero-order valence-corrected chi connectivity index (χ0v) is 8.80. The minimum Gasteiger partial charge on any atom is -0.398 e. The van der Waals surface area contributed by atoms with E-state index in [1.54, 1.807) is 0 Å². The SMILES string of the molecule is Nc1cc2c(cc1I)COCC2. The lowest BCUT2D eigenvalue weighted by Crippen LogP contribution is -2.10. The van der Waals surface area contributed by atoms with E-state index in [1.165, 1.54) is 11.1 Å². The molecule has 0 saturated carbocycles. The Bertz CT molecular complexity index is 281. The summed E-state index contributed by atoms with van der Waals surface area (Å²) in [5, 5.41) is 0. The second kappa shape index (κ2) is 3.22. The molecule has 0 saturated heterocycles. The average Bonchev–Trinajstić information content (AvgIpc) is 2.07. The van der Waals surface area contributed by atoms with Crippen molar-refractivity contribution in [3.63, 3.8) is 0 Å². The lowest BCUT2D eigenvalue weighted by Gasteiger charge is -2.17. The highest BCUT2D eigenvalue weighted by Crippen LogP contribution is 2.24. The van der Waals surface area contributed by atoms with Crippen molar-refractivity contribution in [2.75, 3.05) is 12.3 Å². The first-order valence-corrected chi connectivity index (χ1v) is 5.00. The van der Waals surface area contributed by atoms with Crippen molar-refractivity contribution >= 4 is 28.3 Å². The molecular weight excluding hydrogens is 265 g/mol. The van der Waals surface area contributed by atoms with Gasteiger partial charge in [-0.25, -0.2) is 0 Å². The molecule has 0 aromatic heterocycles. The number of rotatable bonds is 0. The minimum absolute atomic E-state index is 0.742. The number of halogens is 1. The topological polar surface area (TPSA) is 35.2 Å². The lowest BCUT2D eigenvalue weighted by molar-refractivity contribution is 0.111. The fourth-order valence-electron chi connectivity index (χ4n) is 1.41. The van der Waals surface area contributed by atoms with Gasteiger partial charge in [0.05, 0.1) is 13.2 Å². The van der Waals surface area contributed by atoms with Crippen molar-refractivity contribution < 1.29 is 4.74 Å². The van der Waals surface area contributed by atoms with Crippen molar-refractivity contribution in [3.05, 3.63) is 26.8 Å². The highest BCUT2D eigenvalue weighted by atomic mass is 127. The van der Waals surface area contributed by atoms with Gasteiger partial charge in [-0.3, -0.25) is 0 Å². The largest absolute Gasteiger partial charge is 0.398 e. The van der Waals surface area contributed by atoms with Crippen molar-refractivity contribution in [2.45, 2.75) is 13.0 Å². The second-order valence-corrected chi connectivity index (χ2v) is 4.11. The van der Waals surface area contributed by atoms with Crippen molar-refractivity contribution in [2.24, 2.45) is 0 Å². The zero-order valence-electron chi connectivity index (χ0n) is 6.64. The molecule has 64 valence electrons. The molecule has 2 nitrogen and oxygen atoms in total. The van der Waals surface area contributed by atoms with Crippen LogP contribution in [0.4, 0.5) is 5.69 Å². The fraction of sp³-hybridized carbons (Fsp3) is 0.333. The van der Waals surface area contributed by atoms with Gasteiger partial charge in [0.2, 0.25) is 0 Å². The van der Waals surface area contributed by atoms with Crippen LogP contribution in [0.25, 0.3) is 0 Å². The van der Waals surface area contributed by atoms with E-state index in [-0.39, 0.29) is 0 Å². The quantitative estimate of drug-likeness (QED) is 0.580. The van der Waals surface area contributed by atoms with Gasteiger partial charge >= 0.3 is 0 Å². The predicted molar refractivity (Wildman–Crippen MR) is 56.9 cm³/mol. The fourth-order valence-corrected chi connectivity index (χ4v) is 1.94. The Morgan fingerprint density at radius 1 is 1.33 bits per heavy atom. The summed E-state index contributed by atoms with van der Waals surface area (Å²) in [5.41, 5.74) is 9.32. The first-order valence-electron chi connectivity index (χ1n) is 3.92. The Hall–Kier alpha value is -0.290. The zero-order chi connectivity index (χ0) is 8.55. The summed E-state index contributed by atoms with van der Waals surface area (Å²) in [6.45, 7) is 1.57. The highest BCUT2D eigenvalue weighted by Gasteiger charge is 2.10. The van der Waals surface area contributed by atoms with Crippen molar-refractivity contribution in [3.8, 4) is 0 Å². The first kappa shape index (κ1) is 8.31. The smallest absolute Gasteiger partial charge is 0.0720 e. The standard InChI is InChI=1S/C9H10INO/c10-8-3-7-5-12-2-1-6(7)4-9(8)11/h3-4H,1-2,5,11H2. The van der Waals surface area contributed by atoms with Gasteiger partial charge in [0.25, 0.3) is 0 Å². The van der Waals surface area contributed by atoms with Crippen LogP contribution in [-0.4, -0.2) is 6.61 Å². The summed E-state index contributed by atoms with van der Waals surface area (Å²) >= 11 is 2.25. The minimum atomic E-state index is 0.742. The number of nitrogens with two attached hydrogens (primary N) is 1. The van der Waals surface area contributed by atoms with Gasteiger partial charge in [-0.1, -0.05) is 0 Å². The molecule has 1 aliphatic rings. The summed E-state index contributed by atoms with van der Waals surface area (Å²) in [4.78, 5) is 0. The van der Waals surface area contributed by atoms with Crippen LogP contribution >= 0.6 is 22.6 Å². The van der Waals surface area contributed by atoms with Crippen molar-refractivity contribution in [1.29, 1.82) is 0 Å². The van der Waals surface area contributed by atoms with Gasteiger partial charge in [0.1, 0.15) is 0 Å². The number of benzene rings is 1. The van der Waals surface area contributed by atoms with Crippen LogP contribution in [0, 0.1) is 3.57 Å². The Balaban J connectivity index is 2.49. The molecule has 1 aliphatic heterocycles. The molecule has 2 N–H and O–H groups in total. The number of fused-ring (bicyclic) bond motifs is 1. The van der Waals surface area contributed by atoms with Crippen LogP contribution < -0.4 is 5.73 Å². The number of anilines is 1. The van der Waals surface area contributed by atoms with E-state index < -0.39 is 0 Å². The van der Waals surface area contributed by atoms with E-state index in [4.69, 9.17) is 10.5 Å². The van der Waals surface area contributed by atoms with E-state index in [1.807, 2.05) is 0 Å². The number of nitrogen functional groups attached to an aromatic ring is 1. The van der Waals surface area contributed by atoms with Crippen LogP contribution in [0.3, 0.4) is 0 Å². The summed E-state index contributed by atoms with van der Waals surface area (Å²) in [6, 6.07) is 4.18. The molecule has 1 heterocycles. The molecule has 0 aliphatic carbocycles. The lowest BCUT2D eigenvalue weighted by atomic mass is 10.0. The van der Waals surface area contributed by atoms with Gasteiger partial charge in [-0.2, -0.15) is 0 Å². The molecule has 0 radical (unpaired) electrons. The average molecular weight is 275 g/mol. The van der Waals surface area contributed by atoms with E-state index in [9.17, 15) is 0 Å². The van der Waals surface area contributed by atoms with E-state index >= 15 is 0 Å². The predicted octanol–water partition coefficient (Wildman–Crippen LogP) is 1.95. The Labute approximate surface area is 85.2 Å². The summed E-state index contributed by atoms with van der Waals surface area (Å²) in [7, 11) is 0. The molecule has 1 aromatic carbocycles. The second-order valence-electron chi connectivity index (χ2n) is 2.95. The highest BCUT2D eigenvalue weighted by molar-refractivity contribution is 14.1. The van der Waals surface area contributed by atoms with Crippen LogP contribution in [-0.2, 0) is 17.8 Å². The molecule has 2 rings (SSSR count). The Morgan fingerprint density at radius 2 is 2.17 bits per heavy atom. The van der Waals surface area contributed by atoms with Crippen LogP contribution in [0.15, 0.2) is 12.1 Å². The maximum atomic E-state index is 5.80. The first-order chi connectivity index (χ1) is 5.77. The van der Waals surface area contributed by atoms with E-state index in [2.05, 4.69) is 34.7 Å². The summed E-state index contributed by atoms with van der Waals surface area (Å²) in [6.07, 6.45) is 0.996. The molecule has 0 bridgehead atoms. The molecule has 1 aromatic rings. The summed E-state index contributed by atoms with van der Waals surface area (Å²) in [5.74, 6) is 0. The molecule has 3 heteroatoms. The molecular formula is C9H10INO. The monoisotopic (exact) mass is 275 g/mol. The maximum Gasteiger partial charge on any atom is 0.0720 e. The van der Waals surface area contributed by atoms with Gasteiger partial charge in [-0.05, 0) is 52.3 Å². The molecule has 0 amide bonds. The van der Waals surface area contributed by atoms with Crippen LogP contribution in [0.2, 0.25) is 0 Å². The van der Waals surface area contributed by atoms with E-state index in [0.717, 1.165) is 28.9 Å². The Kier molecular flexibility index (Phi) is 2.23. The van der Waals surface area contributed by atoms with E-state index in [0.29, 0.717) is 0 Å². The van der Waals surface area contributed by atoms with Gasteiger partial charge in [0, 0.05) is 9.26 Å². The number of hydrogen-bond acceptors (Lipinski definition) is 2. The number of ether oxygens (including phenoxy) is 1. The van der Waals surface area contributed by atoms with Crippen LogP contribution in [0.5, 0.6) is 0 Å². The summed E-state index contributed by atoms with van der Waals surface area (Å²) < 4.78 is 6.47. The molecule has 0 atom stereocenters. The van der Waals surface area contributed by atoms with Gasteiger partial charge in [-0.15, -0.1) is 0 Å². The molecule has 0 fully saturated rings. The third-order valence-corrected chi connectivity index (χ3v) is 3.03. The molecule has 0 spiro atoms. The number of hydrogen-bond donors (Lipinski definition) is 1. The third-order valence-electron chi connectivity index (χ3n) is 2.09. The molecule has 12 heavy (non-hydrogen) atoms. The van der Waals surface area contributed by atoms with Gasteiger partial charge < -0.3 is 10.5 Å². The van der Waals surface area contributed by atoms with Crippen LogP contribution in [0.1, 0.15) is 11.1 Å². The van der Waals surface area contributed by atoms with Gasteiger partial charge in [0.15, 0.2) is 0 Å². The molecule has 0 unspecified atom stereocenters. The maximum absolute atomic E-state index is 5.80.